The van der Waals surface area contributed by atoms with E-state index < -0.39 is 0 Å². The van der Waals surface area contributed by atoms with Crippen LogP contribution in [0.5, 0.6) is 5.75 Å². The van der Waals surface area contributed by atoms with Crippen molar-refractivity contribution in [2.45, 2.75) is 32.0 Å². The first kappa shape index (κ1) is 11.0. The average molecular weight is 271 g/mol. The largest absolute Gasteiger partial charge is 0.497 e. The number of benzene rings is 1. The molecule has 3 heteroatoms. The van der Waals surface area contributed by atoms with E-state index in [1.807, 2.05) is 18.2 Å². The van der Waals surface area contributed by atoms with Crippen LogP contribution in [0, 0.1) is 0 Å². The number of rotatable bonds is 4. The van der Waals surface area contributed by atoms with Crippen molar-refractivity contribution in [2.24, 2.45) is 0 Å². The van der Waals surface area contributed by atoms with Crippen LogP contribution >= 0.6 is 15.9 Å². The van der Waals surface area contributed by atoms with Gasteiger partial charge in [-0.15, -0.1) is 0 Å². The maximum absolute atomic E-state index is 5.76. The molecular formula is C12H15BrO2. The van der Waals surface area contributed by atoms with E-state index in [9.17, 15) is 0 Å². The predicted octanol–water partition coefficient (Wildman–Crippen LogP) is 3.53. The maximum Gasteiger partial charge on any atom is 0.119 e. The third kappa shape index (κ3) is 2.73. The molecule has 0 radical (unpaired) electrons. The van der Waals surface area contributed by atoms with Gasteiger partial charge in [-0.3, -0.25) is 0 Å². The van der Waals surface area contributed by atoms with Gasteiger partial charge in [0, 0.05) is 4.47 Å². The Kier molecular flexibility index (Phi) is 3.65. The van der Waals surface area contributed by atoms with Gasteiger partial charge in [0.05, 0.1) is 19.8 Å². The van der Waals surface area contributed by atoms with Crippen molar-refractivity contribution in [2.75, 3.05) is 7.11 Å². The minimum Gasteiger partial charge on any atom is -0.497 e. The van der Waals surface area contributed by atoms with Crippen LogP contribution in [-0.4, -0.2) is 13.2 Å². The van der Waals surface area contributed by atoms with Gasteiger partial charge in [-0.2, -0.15) is 0 Å². The number of hydrogen-bond donors (Lipinski definition) is 0. The Hall–Kier alpha value is -0.540. The van der Waals surface area contributed by atoms with E-state index in [0.717, 1.165) is 15.8 Å². The summed E-state index contributed by atoms with van der Waals surface area (Å²) in [5, 5.41) is 0. The summed E-state index contributed by atoms with van der Waals surface area (Å²) >= 11 is 3.51. The van der Waals surface area contributed by atoms with E-state index >= 15 is 0 Å². The minimum absolute atomic E-state index is 0.475. The van der Waals surface area contributed by atoms with Crippen molar-refractivity contribution in [3.8, 4) is 5.75 Å². The molecule has 0 spiro atoms. The molecule has 15 heavy (non-hydrogen) atoms. The molecule has 0 amide bonds. The van der Waals surface area contributed by atoms with E-state index in [1.54, 1.807) is 7.11 Å². The molecule has 0 unspecified atom stereocenters. The highest BCUT2D eigenvalue weighted by Crippen LogP contribution is 2.27. The molecule has 0 atom stereocenters. The van der Waals surface area contributed by atoms with Crippen LogP contribution in [-0.2, 0) is 11.3 Å². The summed E-state index contributed by atoms with van der Waals surface area (Å²) in [4.78, 5) is 0. The van der Waals surface area contributed by atoms with Crippen molar-refractivity contribution < 1.29 is 9.47 Å². The second-order valence-electron chi connectivity index (χ2n) is 3.82. The van der Waals surface area contributed by atoms with Crippen LogP contribution in [0.3, 0.4) is 0 Å². The van der Waals surface area contributed by atoms with Crippen molar-refractivity contribution in [1.82, 2.24) is 0 Å². The van der Waals surface area contributed by atoms with Gasteiger partial charge in [0.1, 0.15) is 5.75 Å². The number of hydrogen-bond acceptors (Lipinski definition) is 2. The molecule has 0 heterocycles. The summed E-state index contributed by atoms with van der Waals surface area (Å²) in [6, 6.07) is 5.96. The zero-order valence-electron chi connectivity index (χ0n) is 8.83. The van der Waals surface area contributed by atoms with Crippen molar-refractivity contribution in [3.05, 3.63) is 28.2 Å². The lowest BCUT2D eigenvalue weighted by molar-refractivity contribution is -0.00895. The normalized spacial score (nSPS) is 16.1. The molecule has 0 aromatic heterocycles. The second-order valence-corrected chi connectivity index (χ2v) is 4.68. The van der Waals surface area contributed by atoms with Gasteiger partial charge in [-0.25, -0.2) is 0 Å². The lowest BCUT2D eigenvalue weighted by Crippen LogP contribution is -2.21. The standard InChI is InChI=1S/C12H15BrO2/c1-14-11-5-6-12(13)9(7-11)8-15-10-3-2-4-10/h5-7,10H,2-4,8H2,1H3. The lowest BCUT2D eigenvalue weighted by atomic mass is 9.96. The molecule has 2 rings (SSSR count). The molecule has 0 aliphatic heterocycles. The Morgan fingerprint density at radius 1 is 1.40 bits per heavy atom. The van der Waals surface area contributed by atoms with Crippen LogP contribution in [0.1, 0.15) is 24.8 Å². The Labute approximate surface area is 98.7 Å². The van der Waals surface area contributed by atoms with Crippen molar-refractivity contribution in [3.63, 3.8) is 0 Å². The Morgan fingerprint density at radius 3 is 2.80 bits per heavy atom. The van der Waals surface area contributed by atoms with Gasteiger partial charge >= 0.3 is 0 Å². The Balaban J connectivity index is 1.98. The summed E-state index contributed by atoms with van der Waals surface area (Å²) in [5.41, 5.74) is 1.15. The van der Waals surface area contributed by atoms with Crippen LogP contribution in [0.15, 0.2) is 22.7 Å². The summed E-state index contributed by atoms with van der Waals surface area (Å²) < 4.78 is 12.0. The Bertz CT molecular complexity index is 334. The lowest BCUT2D eigenvalue weighted by Gasteiger charge is -2.25. The van der Waals surface area contributed by atoms with Crippen molar-refractivity contribution >= 4 is 15.9 Å². The fourth-order valence-electron chi connectivity index (χ4n) is 1.53. The molecule has 1 aliphatic carbocycles. The van der Waals surface area contributed by atoms with Gasteiger partial charge < -0.3 is 9.47 Å². The first-order chi connectivity index (χ1) is 7.29. The highest BCUT2D eigenvalue weighted by atomic mass is 79.9. The molecule has 1 aromatic rings. The third-order valence-corrected chi connectivity index (χ3v) is 3.55. The molecule has 1 fully saturated rings. The van der Waals surface area contributed by atoms with Gasteiger partial charge in [-0.1, -0.05) is 15.9 Å². The first-order valence-electron chi connectivity index (χ1n) is 5.23. The molecular weight excluding hydrogens is 256 g/mol. The minimum atomic E-state index is 0.475. The molecule has 0 N–H and O–H groups in total. The van der Waals surface area contributed by atoms with Gasteiger partial charge in [-0.05, 0) is 43.0 Å². The quantitative estimate of drug-likeness (QED) is 0.834. The highest BCUT2D eigenvalue weighted by Gasteiger charge is 2.18. The number of ether oxygens (including phenoxy) is 2. The SMILES string of the molecule is COc1ccc(Br)c(COC2CCC2)c1. The van der Waals surface area contributed by atoms with Gasteiger partial charge in [0.2, 0.25) is 0 Å². The smallest absolute Gasteiger partial charge is 0.119 e. The topological polar surface area (TPSA) is 18.5 Å². The third-order valence-electron chi connectivity index (χ3n) is 2.78. The fraction of sp³-hybridized carbons (Fsp3) is 0.500. The zero-order valence-corrected chi connectivity index (χ0v) is 10.4. The van der Waals surface area contributed by atoms with Crippen LogP contribution < -0.4 is 4.74 Å². The molecule has 2 nitrogen and oxygen atoms in total. The first-order valence-corrected chi connectivity index (χ1v) is 6.03. The maximum atomic E-state index is 5.76. The van der Waals surface area contributed by atoms with E-state index in [2.05, 4.69) is 15.9 Å². The van der Waals surface area contributed by atoms with Gasteiger partial charge in [0.15, 0.2) is 0 Å². The molecule has 0 saturated heterocycles. The summed E-state index contributed by atoms with van der Waals surface area (Å²) in [7, 11) is 1.68. The highest BCUT2D eigenvalue weighted by molar-refractivity contribution is 9.10. The van der Waals surface area contributed by atoms with Crippen LogP contribution in [0.2, 0.25) is 0 Å². The zero-order chi connectivity index (χ0) is 10.7. The summed E-state index contributed by atoms with van der Waals surface area (Å²) in [6.07, 6.45) is 4.20. The van der Waals surface area contributed by atoms with E-state index in [0.29, 0.717) is 12.7 Å². The number of methoxy groups -OCH3 is 1. The monoisotopic (exact) mass is 270 g/mol. The predicted molar refractivity (Wildman–Crippen MR) is 63.1 cm³/mol. The second kappa shape index (κ2) is 4.99. The van der Waals surface area contributed by atoms with Crippen LogP contribution in [0.25, 0.3) is 0 Å². The summed E-state index contributed by atoms with van der Waals surface area (Å²) in [5.74, 6) is 0.880. The van der Waals surface area contributed by atoms with Crippen LogP contribution in [0.4, 0.5) is 0 Å². The van der Waals surface area contributed by atoms with E-state index in [-0.39, 0.29) is 0 Å². The molecule has 1 aromatic carbocycles. The average Bonchev–Trinajstić information content (AvgIpc) is 2.18. The van der Waals surface area contributed by atoms with Crippen molar-refractivity contribution in [1.29, 1.82) is 0 Å². The molecule has 82 valence electrons. The van der Waals surface area contributed by atoms with E-state index in [1.165, 1.54) is 19.3 Å². The van der Waals surface area contributed by atoms with Gasteiger partial charge in [0.25, 0.3) is 0 Å². The number of halogens is 1. The molecule has 1 saturated carbocycles. The fourth-order valence-corrected chi connectivity index (χ4v) is 1.89. The Morgan fingerprint density at radius 2 is 2.20 bits per heavy atom. The molecule has 1 aliphatic rings. The molecule has 0 bridgehead atoms. The van der Waals surface area contributed by atoms with E-state index in [4.69, 9.17) is 9.47 Å². The summed E-state index contributed by atoms with van der Waals surface area (Å²) in [6.45, 7) is 0.669.